The first kappa shape index (κ1) is 14.6. The number of hydrogen-bond donors (Lipinski definition) is 1. The molecule has 106 valence electrons. The Morgan fingerprint density at radius 2 is 2.22 bits per heavy atom. The Hall–Kier alpha value is 0.220. The number of nitrogens with two attached hydrogens (primary N) is 1. The van der Waals surface area contributed by atoms with Gasteiger partial charge in [0.2, 0.25) is 0 Å². The van der Waals surface area contributed by atoms with Gasteiger partial charge in [-0.3, -0.25) is 4.90 Å². The highest BCUT2D eigenvalue weighted by Gasteiger charge is 2.49. The van der Waals surface area contributed by atoms with Gasteiger partial charge in [-0.05, 0) is 18.8 Å². The van der Waals surface area contributed by atoms with Crippen LogP contribution in [0.4, 0.5) is 0 Å². The van der Waals surface area contributed by atoms with Crippen molar-refractivity contribution in [3.8, 4) is 0 Å². The molecule has 3 atom stereocenters. The summed E-state index contributed by atoms with van der Waals surface area (Å²) in [6.45, 7) is 3.65. The molecule has 0 radical (unpaired) electrons. The minimum atomic E-state index is -3.03. The molecular formula is C12H24N2O2S2. The molecule has 2 N–H and O–H groups in total. The summed E-state index contributed by atoms with van der Waals surface area (Å²) in [5.74, 6) is 2.20. The van der Waals surface area contributed by atoms with Gasteiger partial charge >= 0.3 is 0 Å². The summed E-state index contributed by atoms with van der Waals surface area (Å²) >= 11 is 1.74. The Kier molecular flexibility index (Phi) is 4.31. The van der Waals surface area contributed by atoms with Crippen molar-refractivity contribution >= 4 is 21.6 Å². The monoisotopic (exact) mass is 292 g/mol. The van der Waals surface area contributed by atoms with Crippen LogP contribution >= 0.6 is 11.8 Å². The number of rotatable bonds is 3. The second-order valence-electron chi connectivity index (χ2n) is 5.65. The van der Waals surface area contributed by atoms with Gasteiger partial charge in [0.25, 0.3) is 0 Å². The number of hydrogen-bond acceptors (Lipinski definition) is 5. The summed E-state index contributed by atoms with van der Waals surface area (Å²) < 4.78 is 24.0. The van der Waals surface area contributed by atoms with Crippen LogP contribution in [0.25, 0.3) is 0 Å². The fourth-order valence-electron chi connectivity index (χ4n) is 3.52. The molecule has 1 saturated carbocycles. The van der Waals surface area contributed by atoms with Gasteiger partial charge in [-0.1, -0.05) is 13.3 Å². The van der Waals surface area contributed by atoms with E-state index in [9.17, 15) is 8.42 Å². The molecule has 3 unspecified atom stereocenters. The Labute approximate surface area is 115 Å². The van der Waals surface area contributed by atoms with Crippen molar-refractivity contribution < 1.29 is 8.42 Å². The van der Waals surface area contributed by atoms with Crippen LogP contribution in [0, 0.1) is 5.92 Å². The van der Waals surface area contributed by atoms with Crippen molar-refractivity contribution in [1.82, 2.24) is 4.90 Å². The van der Waals surface area contributed by atoms with Crippen molar-refractivity contribution in [3.63, 3.8) is 0 Å². The molecule has 1 aliphatic carbocycles. The molecule has 2 aliphatic rings. The Bertz CT molecular complexity index is 399. The van der Waals surface area contributed by atoms with E-state index in [0.29, 0.717) is 18.2 Å². The number of nitrogens with zero attached hydrogens (tertiary/aromatic N) is 1. The molecule has 6 heteroatoms. The lowest BCUT2D eigenvalue weighted by atomic mass is 9.86. The second-order valence-corrected chi connectivity index (χ2v) is 9.01. The van der Waals surface area contributed by atoms with Crippen molar-refractivity contribution in [2.24, 2.45) is 11.7 Å². The lowest BCUT2D eigenvalue weighted by molar-refractivity contribution is 0.0599. The van der Waals surface area contributed by atoms with E-state index in [0.717, 1.165) is 25.1 Å². The first-order chi connectivity index (χ1) is 8.42. The average Bonchev–Trinajstić information content (AvgIpc) is 2.70. The maximum Gasteiger partial charge on any atom is 0.164 e. The van der Waals surface area contributed by atoms with Crippen LogP contribution in [0.5, 0.6) is 0 Å². The molecule has 0 amide bonds. The van der Waals surface area contributed by atoms with Crippen molar-refractivity contribution in [2.45, 2.75) is 37.1 Å². The SMILES string of the molecule is CC1CCCC1(CN)N1CCSCC1S(C)(=O)=O. The number of sulfone groups is 1. The quantitative estimate of drug-likeness (QED) is 0.838. The molecule has 1 heterocycles. The standard InChI is InChI=1S/C12H24N2O2S2/c1-10-4-3-5-12(10,9-13)14-6-7-17-8-11(14)18(2,15)16/h10-11H,3-9,13H2,1-2H3. The summed E-state index contributed by atoms with van der Waals surface area (Å²) in [4.78, 5) is 2.22. The van der Waals surface area contributed by atoms with Crippen molar-refractivity contribution in [2.75, 3.05) is 30.9 Å². The molecule has 1 aliphatic heterocycles. The molecule has 0 aromatic rings. The highest BCUT2D eigenvalue weighted by Crippen LogP contribution is 2.42. The summed E-state index contributed by atoms with van der Waals surface area (Å²) in [5, 5.41) is -0.347. The van der Waals surface area contributed by atoms with E-state index in [-0.39, 0.29) is 10.9 Å². The van der Waals surface area contributed by atoms with Crippen molar-refractivity contribution in [1.29, 1.82) is 0 Å². The van der Waals surface area contributed by atoms with Crippen LogP contribution in [0.1, 0.15) is 26.2 Å². The maximum absolute atomic E-state index is 12.0. The zero-order valence-electron chi connectivity index (χ0n) is 11.3. The van der Waals surface area contributed by atoms with Gasteiger partial charge in [0.15, 0.2) is 9.84 Å². The normalized spacial score (nSPS) is 39.1. The fraction of sp³-hybridized carbons (Fsp3) is 1.00. The third-order valence-corrected chi connectivity index (χ3v) is 7.31. The third kappa shape index (κ3) is 2.44. The van der Waals surface area contributed by atoms with Gasteiger partial charge in [0.05, 0.1) is 0 Å². The Balaban J connectivity index is 2.33. The molecule has 0 aromatic heterocycles. The lowest BCUT2D eigenvalue weighted by Crippen LogP contribution is -2.63. The average molecular weight is 292 g/mol. The molecule has 0 bridgehead atoms. The smallest absolute Gasteiger partial charge is 0.164 e. The molecule has 0 spiro atoms. The summed E-state index contributed by atoms with van der Waals surface area (Å²) in [7, 11) is -3.03. The largest absolute Gasteiger partial charge is 0.329 e. The van der Waals surface area contributed by atoms with E-state index in [1.807, 2.05) is 0 Å². The zero-order valence-corrected chi connectivity index (χ0v) is 12.9. The van der Waals surface area contributed by atoms with Crippen LogP contribution in [0.2, 0.25) is 0 Å². The third-order valence-electron chi connectivity index (χ3n) is 4.67. The van der Waals surface area contributed by atoms with E-state index in [2.05, 4.69) is 11.8 Å². The highest BCUT2D eigenvalue weighted by molar-refractivity contribution is 8.00. The van der Waals surface area contributed by atoms with E-state index in [1.54, 1.807) is 11.8 Å². The van der Waals surface area contributed by atoms with E-state index in [1.165, 1.54) is 12.7 Å². The predicted molar refractivity (Wildman–Crippen MR) is 77.5 cm³/mol. The zero-order chi connectivity index (χ0) is 13.4. The minimum Gasteiger partial charge on any atom is -0.329 e. The van der Waals surface area contributed by atoms with E-state index >= 15 is 0 Å². The highest BCUT2D eigenvalue weighted by atomic mass is 32.2. The van der Waals surface area contributed by atoms with Crippen molar-refractivity contribution in [3.05, 3.63) is 0 Å². The van der Waals surface area contributed by atoms with Gasteiger partial charge in [-0.25, -0.2) is 8.42 Å². The summed E-state index contributed by atoms with van der Waals surface area (Å²) in [5.41, 5.74) is 5.96. The lowest BCUT2D eigenvalue weighted by Gasteiger charge is -2.49. The summed E-state index contributed by atoms with van der Waals surface area (Å²) in [6, 6.07) is 0. The minimum absolute atomic E-state index is 0.0886. The van der Waals surface area contributed by atoms with Gasteiger partial charge in [0, 0.05) is 36.4 Å². The molecule has 1 saturated heterocycles. The van der Waals surface area contributed by atoms with E-state index < -0.39 is 9.84 Å². The molecule has 2 rings (SSSR count). The Morgan fingerprint density at radius 3 is 2.72 bits per heavy atom. The first-order valence-corrected chi connectivity index (χ1v) is 9.76. The summed E-state index contributed by atoms with van der Waals surface area (Å²) in [6.07, 6.45) is 4.73. The van der Waals surface area contributed by atoms with Gasteiger partial charge in [0.1, 0.15) is 5.37 Å². The maximum atomic E-state index is 12.0. The number of thioether (sulfide) groups is 1. The van der Waals surface area contributed by atoms with Gasteiger partial charge < -0.3 is 5.73 Å². The second kappa shape index (κ2) is 5.31. The van der Waals surface area contributed by atoms with Crippen LogP contribution in [0.3, 0.4) is 0 Å². The van der Waals surface area contributed by atoms with Crippen LogP contribution in [-0.2, 0) is 9.84 Å². The van der Waals surface area contributed by atoms with Crippen LogP contribution < -0.4 is 5.73 Å². The predicted octanol–water partition coefficient (Wildman–Crippen LogP) is 0.923. The van der Waals surface area contributed by atoms with Crippen LogP contribution in [0.15, 0.2) is 0 Å². The van der Waals surface area contributed by atoms with Crippen LogP contribution in [-0.4, -0.2) is 55.1 Å². The molecule has 2 fully saturated rings. The molecule has 4 nitrogen and oxygen atoms in total. The van der Waals surface area contributed by atoms with E-state index in [4.69, 9.17) is 5.73 Å². The molecule has 18 heavy (non-hydrogen) atoms. The molecular weight excluding hydrogens is 268 g/mol. The Morgan fingerprint density at radius 1 is 1.50 bits per heavy atom. The fourth-order valence-corrected chi connectivity index (χ4v) is 6.45. The molecule has 0 aromatic carbocycles. The van der Waals surface area contributed by atoms with Gasteiger partial charge in [-0.2, -0.15) is 11.8 Å². The van der Waals surface area contributed by atoms with Gasteiger partial charge in [-0.15, -0.1) is 0 Å². The first-order valence-electron chi connectivity index (χ1n) is 6.65. The topological polar surface area (TPSA) is 63.4 Å².